The van der Waals surface area contributed by atoms with Crippen LogP contribution in [0.2, 0.25) is 0 Å². The third-order valence-electron chi connectivity index (χ3n) is 3.16. The molecule has 1 heterocycles. The highest BCUT2D eigenvalue weighted by Gasteiger charge is 2.17. The van der Waals surface area contributed by atoms with Gasteiger partial charge in [0.2, 0.25) is 5.91 Å². The van der Waals surface area contributed by atoms with Crippen LogP contribution in [-0.2, 0) is 4.79 Å². The molecule has 0 aromatic rings. The molecule has 0 saturated carbocycles. The maximum absolute atomic E-state index is 11.3. The molecule has 0 bridgehead atoms. The van der Waals surface area contributed by atoms with Gasteiger partial charge < -0.3 is 15.1 Å². The normalized spacial score (nSPS) is 20.6. The van der Waals surface area contributed by atoms with E-state index in [1.54, 1.807) is 6.92 Å². The standard InChI is InChI=1S/C12H25N3O/c1-11(9-13-3)10-14-5-4-6-15(8-7-14)12(2)16/h11,13H,4-10H2,1-3H3. The summed E-state index contributed by atoms with van der Waals surface area (Å²) in [6.07, 6.45) is 1.10. The monoisotopic (exact) mass is 227 g/mol. The van der Waals surface area contributed by atoms with Gasteiger partial charge in [0, 0.05) is 33.1 Å². The van der Waals surface area contributed by atoms with Crippen molar-refractivity contribution in [3.63, 3.8) is 0 Å². The van der Waals surface area contributed by atoms with Gasteiger partial charge >= 0.3 is 0 Å². The molecule has 1 rings (SSSR count). The van der Waals surface area contributed by atoms with Crippen molar-refractivity contribution in [2.45, 2.75) is 20.3 Å². The highest BCUT2D eigenvalue weighted by Crippen LogP contribution is 2.06. The predicted molar refractivity (Wildman–Crippen MR) is 66.4 cm³/mol. The van der Waals surface area contributed by atoms with E-state index in [1.807, 2.05) is 11.9 Å². The zero-order valence-corrected chi connectivity index (χ0v) is 10.8. The summed E-state index contributed by atoms with van der Waals surface area (Å²) >= 11 is 0. The number of nitrogens with zero attached hydrogens (tertiary/aromatic N) is 2. The highest BCUT2D eigenvalue weighted by molar-refractivity contribution is 5.73. The van der Waals surface area contributed by atoms with Crippen LogP contribution < -0.4 is 5.32 Å². The Morgan fingerprint density at radius 1 is 1.31 bits per heavy atom. The maximum Gasteiger partial charge on any atom is 0.219 e. The van der Waals surface area contributed by atoms with Crippen LogP contribution in [0.25, 0.3) is 0 Å². The topological polar surface area (TPSA) is 35.6 Å². The van der Waals surface area contributed by atoms with Crippen LogP contribution in [0.3, 0.4) is 0 Å². The lowest BCUT2D eigenvalue weighted by Gasteiger charge is -2.24. The van der Waals surface area contributed by atoms with Gasteiger partial charge in [0.05, 0.1) is 0 Å². The summed E-state index contributed by atoms with van der Waals surface area (Å²) in [5.74, 6) is 0.888. The first-order chi connectivity index (χ1) is 7.63. The average molecular weight is 227 g/mol. The average Bonchev–Trinajstić information content (AvgIpc) is 2.43. The SMILES string of the molecule is CNCC(C)CN1CCCN(C(C)=O)CC1. The van der Waals surface area contributed by atoms with E-state index in [2.05, 4.69) is 17.1 Å². The number of carbonyl (C=O) groups excluding carboxylic acids is 1. The quantitative estimate of drug-likeness (QED) is 0.755. The van der Waals surface area contributed by atoms with Gasteiger partial charge in [-0.25, -0.2) is 0 Å². The van der Waals surface area contributed by atoms with E-state index in [4.69, 9.17) is 0 Å². The number of amides is 1. The highest BCUT2D eigenvalue weighted by atomic mass is 16.2. The summed E-state index contributed by atoms with van der Waals surface area (Å²) in [7, 11) is 2.00. The lowest BCUT2D eigenvalue weighted by atomic mass is 10.1. The molecular weight excluding hydrogens is 202 g/mol. The molecule has 1 N–H and O–H groups in total. The number of hydrogen-bond donors (Lipinski definition) is 1. The third kappa shape index (κ3) is 4.49. The molecule has 4 heteroatoms. The minimum Gasteiger partial charge on any atom is -0.342 e. The van der Waals surface area contributed by atoms with Crippen LogP contribution in [0, 0.1) is 5.92 Å². The Morgan fingerprint density at radius 2 is 2.06 bits per heavy atom. The first-order valence-corrected chi connectivity index (χ1v) is 6.26. The maximum atomic E-state index is 11.3. The first kappa shape index (κ1) is 13.5. The Balaban J connectivity index is 2.32. The minimum absolute atomic E-state index is 0.213. The Hall–Kier alpha value is -0.610. The zero-order valence-electron chi connectivity index (χ0n) is 10.8. The summed E-state index contributed by atoms with van der Waals surface area (Å²) in [5.41, 5.74) is 0. The molecular formula is C12H25N3O. The van der Waals surface area contributed by atoms with Crippen molar-refractivity contribution in [3.05, 3.63) is 0 Å². The number of nitrogens with one attached hydrogen (secondary N) is 1. The summed E-state index contributed by atoms with van der Waals surface area (Å²) in [5, 5.41) is 3.21. The van der Waals surface area contributed by atoms with Gasteiger partial charge in [-0.05, 0) is 32.5 Å². The van der Waals surface area contributed by atoms with E-state index in [0.29, 0.717) is 5.92 Å². The van der Waals surface area contributed by atoms with E-state index in [1.165, 1.54) is 0 Å². The summed E-state index contributed by atoms with van der Waals surface area (Å²) in [6, 6.07) is 0. The van der Waals surface area contributed by atoms with Crippen molar-refractivity contribution in [3.8, 4) is 0 Å². The molecule has 1 aliphatic rings. The Bertz CT molecular complexity index is 220. The molecule has 1 unspecified atom stereocenters. The molecule has 1 saturated heterocycles. The van der Waals surface area contributed by atoms with Crippen LogP contribution >= 0.6 is 0 Å². The molecule has 16 heavy (non-hydrogen) atoms. The van der Waals surface area contributed by atoms with Crippen molar-refractivity contribution >= 4 is 5.91 Å². The molecule has 4 nitrogen and oxygen atoms in total. The summed E-state index contributed by atoms with van der Waals surface area (Å²) < 4.78 is 0. The van der Waals surface area contributed by atoms with Crippen molar-refractivity contribution in [1.82, 2.24) is 15.1 Å². The van der Waals surface area contributed by atoms with E-state index in [9.17, 15) is 4.79 Å². The van der Waals surface area contributed by atoms with Gasteiger partial charge in [-0.3, -0.25) is 4.79 Å². The molecule has 1 fully saturated rings. The Labute approximate surface area is 99.0 Å². The van der Waals surface area contributed by atoms with E-state index >= 15 is 0 Å². The second kappa shape index (κ2) is 6.86. The van der Waals surface area contributed by atoms with E-state index in [0.717, 1.165) is 45.7 Å². The van der Waals surface area contributed by atoms with Crippen molar-refractivity contribution in [1.29, 1.82) is 0 Å². The second-order valence-electron chi connectivity index (χ2n) is 4.82. The lowest BCUT2D eigenvalue weighted by molar-refractivity contribution is -0.128. The number of carbonyl (C=O) groups is 1. The first-order valence-electron chi connectivity index (χ1n) is 6.26. The van der Waals surface area contributed by atoms with Crippen LogP contribution in [-0.4, -0.2) is 62.0 Å². The van der Waals surface area contributed by atoms with E-state index in [-0.39, 0.29) is 5.91 Å². The van der Waals surface area contributed by atoms with Gasteiger partial charge in [0.25, 0.3) is 0 Å². The molecule has 0 aliphatic carbocycles. The fraction of sp³-hybridized carbons (Fsp3) is 0.917. The van der Waals surface area contributed by atoms with Crippen molar-refractivity contribution < 1.29 is 4.79 Å². The molecule has 0 radical (unpaired) electrons. The van der Waals surface area contributed by atoms with Gasteiger partial charge in [-0.15, -0.1) is 0 Å². The largest absolute Gasteiger partial charge is 0.342 e. The zero-order chi connectivity index (χ0) is 12.0. The Kier molecular flexibility index (Phi) is 5.77. The molecule has 94 valence electrons. The summed E-state index contributed by atoms with van der Waals surface area (Å²) in [6.45, 7) is 10.1. The van der Waals surface area contributed by atoms with E-state index < -0.39 is 0 Å². The Morgan fingerprint density at radius 3 is 2.69 bits per heavy atom. The molecule has 1 atom stereocenters. The van der Waals surface area contributed by atoms with Gasteiger partial charge in [-0.1, -0.05) is 6.92 Å². The molecule has 0 spiro atoms. The number of hydrogen-bond acceptors (Lipinski definition) is 3. The van der Waals surface area contributed by atoms with Crippen LogP contribution in [0.4, 0.5) is 0 Å². The molecule has 0 aromatic heterocycles. The fourth-order valence-corrected chi connectivity index (χ4v) is 2.32. The van der Waals surface area contributed by atoms with Gasteiger partial charge in [-0.2, -0.15) is 0 Å². The van der Waals surface area contributed by atoms with Crippen LogP contribution in [0.5, 0.6) is 0 Å². The minimum atomic E-state index is 0.213. The lowest BCUT2D eigenvalue weighted by Crippen LogP contribution is -2.36. The predicted octanol–water partition coefficient (Wildman–Crippen LogP) is 0.396. The van der Waals surface area contributed by atoms with Crippen LogP contribution in [0.15, 0.2) is 0 Å². The van der Waals surface area contributed by atoms with Gasteiger partial charge in [0.15, 0.2) is 0 Å². The second-order valence-corrected chi connectivity index (χ2v) is 4.82. The van der Waals surface area contributed by atoms with Gasteiger partial charge in [0.1, 0.15) is 0 Å². The smallest absolute Gasteiger partial charge is 0.219 e. The molecule has 1 amide bonds. The van der Waals surface area contributed by atoms with Crippen LogP contribution in [0.1, 0.15) is 20.3 Å². The molecule has 0 aromatic carbocycles. The number of rotatable bonds is 4. The third-order valence-corrected chi connectivity index (χ3v) is 3.16. The van der Waals surface area contributed by atoms with Crippen molar-refractivity contribution in [2.75, 3.05) is 46.3 Å². The fourth-order valence-electron chi connectivity index (χ4n) is 2.32. The van der Waals surface area contributed by atoms with Crippen molar-refractivity contribution in [2.24, 2.45) is 5.92 Å². The summed E-state index contributed by atoms with van der Waals surface area (Å²) in [4.78, 5) is 15.7. The molecule has 1 aliphatic heterocycles.